The topological polar surface area (TPSA) is 12.5 Å². The third-order valence-electron chi connectivity index (χ3n) is 2.53. The van der Waals surface area contributed by atoms with E-state index in [-0.39, 0.29) is 0 Å². The molecule has 0 aromatic heterocycles. The molecule has 17 heavy (non-hydrogen) atoms. The van der Waals surface area contributed by atoms with Crippen molar-refractivity contribution in [1.82, 2.24) is 4.90 Å². The molecule has 0 aliphatic carbocycles. The van der Waals surface area contributed by atoms with Crippen LogP contribution in [-0.4, -0.2) is 40.9 Å². The Morgan fingerprint density at radius 3 is 2.53 bits per heavy atom. The zero-order chi connectivity index (χ0) is 12.1. The Kier molecular flexibility index (Phi) is 5.00. The van der Waals surface area contributed by atoms with Gasteiger partial charge in [0.25, 0.3) is 0 Å². The van der Waals surface area contributed by atoms with E-state index in [0.29, 0.717) is 0 Å². The second kappa shape index (κ2) is 6.52. The molecule has 5 heteroatoms. The number of methoxy groups -OCH3 is 1. The molecule has 1 aromatic carbocycles. The number of thiocarbonyl (C=S) groups is 1. The molecule has 0 N–H and O–H groups in total. The second-order valence-corrected chi connectivity index (χ2v) is 6.58. The summed E-state index contributed by atoms with van der Waals surface area (Å²) < 4.78 is 6.12. The summed E-state index contributed by atoms with van der Waals surface area (Å²) >= 11 is 9.13. The van der Waals surface area contributed by atoms with Gasteiger partial charge < -0.3 is 9.64 Å². The van der Waals surface area contributed by atoms with Crippen molar-refractivity contribution < 1.29 is 4.74 Å². The summed E-state index contributed by atoms with van der Waals surface area (Å²) in [5.41, 5.74) is 0. The average molecular weight is 285 g/mol. The van der Waals surface area contributed by atoms with Crippen LogP contribution in [0, 0.1) is 0 Å². The van der Waals surface area contributed by atoms with E-state index in [0.717, 1.165) is 23.2 Å². The van der Waals surface area contributed by atoms with Crippen molar-refractivity contribution >= 4 is 40.1 Å². The van der Waals surface area contributed by atoms with Crippen LogP contribution in [0.25, 0.3) is 0 Å². The molecular weight excluding hydrogens is 270 g/mol. The first kappa shape index (κ1) is 13.1. The fourth-order valence-corrected chi connectivity index (χ4v) is 3.71. The minimum Gasteiger partial charge on any atom is -0.497 e. The van der Waals surface area contributed by atoms with Crippen molar-refractivity contribution in [2.45, 2.75) is 4.90 Å². The van der Waals surface area contributed by atoms with E-state index in [4.69, 9.17) is 17.0 Å². The largest absolute Gasteiger partial charge is 0.497 e. The quantitative estimate of drug-likeness (QED) is 0.609. The van der Waals surface area contributed by atoms with Gasteiger partial charge in [-0.15, -0.1) is 0 Å². The van der Waals surface area contributed by atoms with Gasteiger partial charge in [0.1, 0.15) is 10.1 Å². The summed E-state index contributed by atoms with van der Waals surface area (Å²) in [4.78, 5) is 3.47. The van der Waals surface area contributed by atoms with E-state index in [1.54, 1.807) is 18.9 Å². The number of ether oxygens (including phenoxy) is 1. The Hall–Kier alpha value is -0.390. The predicted octanol–water partition coefficient (Wildman–Crippen LogP) is 3.12. The van der Waals surface area contributed by atoms with Crippen molar-refractivity contribution in [3.63, 3.8) is 0 Å². The van der Waals surface area contributed by atoms with Gasteiger partial charge in [-0.3, -0.25) is 0 Å². The van der Waals surface area contributed by atoms with Gasteiger partial charge in [-0.25, -0.2) is 0 Å². The number of hydrogen-bond acceptors (Lipinski definition) is 4. The van der Waals surface area contributed by atoms with Gasteiger partial charge in [0.05, 0.1) is 7.11 Å². The number of hydrogen-bond donors (Lipinski definition) is 0. The molecule has 0 amide bonds. The fourth-order valence-electron chi connectivity index (χ4n) is 1.56. The molecule has 0 atom stereocenters. The van der Waals surface area contributed by atoms with Crippen molar-refractivity contribution in [3.05, 3.63) is 24.3 Å². The van der Waals surface area contributed by atoms with Crippen LogP contribution in [0.3, 0.4) is 0 Å². The van der Waals surface area contributed by atoms with Crippen LogP contribution in [0.1, 0.15) is 0 Å². The maximum Gasteiger partial charge on any atom is 0.141 e. The monoisotopic (exact) mass is 285 g/mol. The van der Waals surface area contributed by atoms with Crippen molar-refractivity contribution in [2.75, 3.05) is 31.7 Å². The molecular formula is C12H15NOS3. The van der Waals surface area contributed by atoms with Crippen LogP contribution in [0.4, 0.5) is 0 Å². The van der Waals surface area contributed by atoms with Crippen LogP contribution in [-0.2, 0) is 0 Å². The first-order valence-electron chi connectivity index (χ1n) is 5.48. The normalized spacial score (nSPS) is 15.7. The van der Waals surface area contributed by atoms with Gasteiger partial charge in [0.2, 0.25) is 0 Å². The number of thioether (sulfide) groups is 2. The molecule has 1 aliphatic heterocycles. The SMILES string of the molecule is COc1ccc(SC(=S)N2CCSCC2)cc1. The zero-order valence-corrected chi connectivity index (χ0v) is 12.2. The summed E-state index contributed by atoms with van der Waals surface area (Å²) in [5.74, 6) is 3.25. The van der Waals surface area contributed by atoms with Crippen molar-refractivity contribution in [2.24, 2.45) is 0 Å². The summed E-state index contributed by atoms with van der Waals surface area (Å²) in [6.07, 6.45) is 0. The minimum atomic E-state index is 0.884. The van der Waals surface area contributed by atoms with Gasteiger partial charge in [-0.05, 0) is 24.3 Å². The molecule has 2 nitrogen and oxygen atoms in total. The third-order valence-corrected chi connectivity index (χ3v) is 4.93. The lowest BCUT2D eigenvalue weighted by Gasteiger charge is -2.28. The highest BCUT2D eigenvalue weighted by atomic mass is 32.2. The minimum absolute atomic E-state index is 0.884. The maximum absolute atomic E-state index is 5.47. The first-order valence-corrected chi connectivity index (χ1v) is 7.86. The lowest BCUT2D eigenvalue weighted by molar-refractivity contribution is 0.414. The molecule has 0 bridgehead atoms. The van der Waals surface area contributed by atoms with Gasteiger partial charge in [0.15, 0.2) is 0 Å². The fraction of sp³-hybridized carbons (Fsp3) is 0.417. The van der Waals surface area contributed by atoms with Crippen LogP contribution in [0.5, 0.6) is 5.75 Å². The summed E-state index contributed by atoms with van der Waals surface area (Å²) in [6, 6.07) is 8.04. The summed E-state index contributed by atoms with van der Waals surface area (Å²) in [5, 5.41) is 0. The molecule has 92 valence electrons. The van der Waals surface area contributed by atoms with Crippen LogP contribution in [0.2, 0.25) is 0 Å². The predicted molar refractivity (Wildman–Crippen MR) is 80.3 cm³/mol. The standard InChI is InChI=1S/C12H15NOS3/c1-14-10-2-4-11(5-3-10)17-12(15)13-6-8-16-9-7-13/h2-5H,6-9H2,1H3. The highest BCUT2D eigenvalue weighted by Gasteiger charge is 2.14. The Labute approximate surface area is 116 Å². The Morgan fingerprint density at radius 2 is 1.94 bits per heavy atom. The van der Waals surface area contributed by atoms with Crippen molar-refractivity contribution in [3.8, 4) is 5.75 Å². The molecule has 1 fully saturated rings. The van der Waals surface area contributed by atoms with E-state index in [2.05, 4.69) is 17.0 Å². The Morgan fingerprint density at radius 1 is 1.29 bits per heavy atom. The third kappa shape index (κ3) is 3.79. The molecule has 0 radical (unpaired) electrons. The van der Waals surface area contributed by atoms with E-state index in [9.17, 15) is 0 Å². The highest BCUT2D eigenvalue weighted by Crippen LogP contribution is 2.25. The molecule has 0 saturated carbocycles. The molecule has 0 spiro atoms. The van der Waals surface area contributed by atoms with E-state index >= 15 is 0 Å². The number of rotatable bonds is 2. The van der Waals surface area contributed by atoms with Crippen LogP contribution in [0.15, 0.2) is 29.2 Å². The van der Waals surface area contributed by atoms with E-state index in [1.807, 2.05) is 23.9 Å². The Balaban J connectivity index is 1.92. The lowest BCUT2D eigenvalue weighted by atomic mass is 10.3. The number of nitrogens with zero attached hydrogens (tertiary/aromatic N) is 1. The molecule has 1 aliphatic rings. The first-order chi connectivity index (χ1) is 8.29. The average Bonchev–Trinajstić information content (AvgIpc) is 2.40. The molecule has 1 saturated heterocycles. The number of benzene rings is 1. The molecule has 1 aromatic rings. The smallest absolute Gasteiger partial charge is 0.141 e. The van der Waals surface area contributed by atoms with Crippen LogP contribution < -0.4 is 4.74 Å². The second-order valence-electron chi connectivity index (χ2n) is 3.64. The van der Waals surface area contributed by atoms with E-state index in [1.165, 1.54) is 16.4 Å². The van der Waals surface area contributed by atoms with Gasteiger partial charge in [0, 0.05) is 29.5 Å². The van der Waals surface area contributed by atoms with Crippen LogP contribution >= 0.6 is 35.7 Å². The lowest BCUT2D eigenvalue weighted by Crippen LogP contribution is -2.35. The summed E-state index contributed by atoms with van der Waals surface area (Å²) in [7, 11) is 1.68. The summed E-state index contributed by atoms with van der Waals surface area (Å²) in [6.45, 7) is 2.15. The zero-order valence-electron chi connectivity index (χ0n) is 9.72. The molecule has 0 unspecified atom stereocenters. The maximum atomic E-state index is 5.47. The highest BCUT2D eigenvalue weighted by molar-refractivity contribution is 8.23. The van der Waals surface area contributed by atoms with E-state index < -0.39 is 0 Å². The van der Waals surface area contributed by atoms with Gasteiger partial charge in [-0.1, -0.05) is 24.0 Å². The Bertz CT molecular complexity index is 374. The van der Waals surface area contributed by atoms with Crippen molar-refractivity contribution in [1.29, 1.82) is 0 Å². The molecule has 2 rings (SSSR count). The molecule has 1 heterocycles. The van der Waals surface area contributed by atoms with Gasteiger partial charge in [-0.2, -0.15) is 11.8 Å². The van der Waals surface area contributed by atoms with Gasteiger partial charge >= 0.3 is 0 Å².